The highest BCUT2D eigenvalue weighted by molar-refractivity contribution is 6.02. The first kappa shape index (κ1) is 20.0. The van der Waals surface area contributed by atoms with E-state index in [1.165, 1.54) is 4.68 Å². The van der Waals surface area contributed by atoms with Crippen molar-refractivity contribution in [2.45, 2.75) is 71.1 Å². The van der Waals surface area contributed by atoms with Crippen molar-refractivity contribution in [3.63, 3.8) is 0 Å². The van der Waals surface area contributed by atoms with Crippen molar-refractivity contribution >= 4 is 22.6 Å². The van der Waals surface area contributed by atoms with E-state index < -0.39 is 12.1 Å². The summed E-state index contributed by atoms with van der Waals surface area (Å²) in [5.41, 5.74) is -0.167. The predicted molar refractivity (Wildman–Crippen MR) is 106 cm³/mol. The highest BCUT2D eigenvalue weighted by atomic mass is 16.5. The monoisotopic (exact) mass is 385 g/mol. The van der Waals surface area contributed by atoms with Gasteiger partial charge in [0.25, 0.3) is 11.5 Å². The van der Waals surface area contributed by atoms with E-state index in [-0.39, 0.29) is 23.2 Å². The third-order valence-corrected chi connectivity index (χ3v) is 5.14. The molecule has 0 saturated heterocycles. The van der Waals surface area contributed by atoms with Gasteiger partial charge in [-0.05, 0) is 32.3 Å². The summed E-state index contributed by atoms with van der Waals surface area (Å²) in [7, 11) is 0. The molecule has 28 heavy (non-hydrogen) atoms. The Hall–Kier alpha value is -2.70. The van der Waals surface area contributed by atoms with E-state index in [2.05, 4.69) is 10.4 Å². The number of nitrogens with zero attached hydrogens (tertiary/aromatic N) is 2. The van der Waals surface area contributed by atoms with Crippen molar-refractivity contribution in [2.24, 2.45) is 0 Å². The molecule has 1 aliphatic carbocycles. The minimum absolute atomic E-state index is 0.0619. The topological polar surface area (TPSA) is 90.3 Å². The number of rotatable bonds is 7. The first-order chi connectivity index (χ1) is 13.5. The van der Waals surface area contributed by atoms with E-state index in [1.54, 1.807) is 31.2 Å². The summed E-state index contributed by atoms with van der Waals surface area (Å²) in [6.07, 6.45) is 4.88. The molecule has 1 aromatic carbocycles. The standard InChI is InChI=1S/C21H27N3O4/c1-3-4-13-24-20(26)17-12-8-7-11-16(17)18(23-24)21(27)28-14(2)19(25)22-15-9-5-6-10-15/h7-8,11-12,14-15H,3-6,9-10,13H2,1-2H3,(H,22,25). The first-order valence-electron chi connectivity index (χ1n) is 10.0. The zero-order valence-electron chi connectivity index (χ0n) is 16.4. The predicted octanol–water partition coefficient (Wildman–Crippen LogP) is 2.80. The normalized spacial score (nSPS) is 15.5. The van der Waals surface area contributed by atoms with Crippen LogP contribution in [0.1, 0.15) is 62.9 Å². The lowest BCUT2D eigenvalue weighted by atomic mass is 10.1. The van der Waals surface area contributed by atoms with Crippen molar-refractivity contribution in [2.75, 3.05) is 0 Å². The maximum Gasteiger partial charge on any atom is 0.360 e. The molecule has 1 atom stereocenters. The maximum absolute atomic E-state index is 12.8. The Balaban J connectivity index is 1.82. The summed E-state index contributed by atoms with van der Waals surface area (Å²) in [5, 5.41) is 8.04. The molecule has 7 nitrogen and oxygen atoms in total. The fourth-order valence-electron chi connectivity index (χ4n) is 3.50. The number of carbonyl (C=O) groups is 2. The molecule has 1 aliphatic rings. The molecular weight excluding hydrogens is 358 g/mol. The largest absolute Gasteiger partial charge is 0.448 e. The average Bonchev–Trinajstić information content (AvgIpc) is 3.20. The zero-order chi connectivity index (χ0) is 20.1. The second-order valence-electron chi connectivity index (χ2n) is 7.31. The Morgan fingerprint density at radius 1 is 1.25 bits per heavy atom. The zero-order valence-corrected chi connectivity index (χ0v) is 16.4. The summed E-state index contributed by atoms with van der Waals surface area (Å²) in [6.45, 7) is 4.00. The Labute approximate surface area is 164 Å². The number of ether oxygens (including phenoxy) is 1. The maximum atomic E-state index is 12.8. The Morgan fingerprint density at radius 3 is 2.61 bits per heavy atom. The van der Waals surface area contributed by atoms with Crippen LogP contribution in [0, 0.1) is 0 Å². The number of esters is 1. The molecule has 0 radical (unpaired) electrons. The van der Waals surface area contributed by atoms with Gasteiger partial charge in [-0.15, -0.1) is 0 Å². The summed E-state index contributed by atoms with van der Waals surface area (Å²) in [6, 6.07) is 7.00. The number of nitrogens with one attached hydrogen (secondary N) is 1. The second-order valence-corrected chi connectivity index (χ2v) is 7.31. The van der Waals surface area contributed by atoms with Gasteiger partial charge in [0.05, 0.1) is 5.39 Å². The number of unbranched alkanes of at least 4 members (excludes halogenated alkanes) is 1. The van der Waals surface area contributed by atoms with Gasteiger partial charge in [-0.1, -0.05) is 44.4 Å². The van der Waals surface area contributed by atoms with Crippen LogP contribution in [0.2, 0.25) is 0 Å². The molecule has 1 fully saturated rings. The highest BCUT2D eigenvalue weighted by Crippen LogP contribution is 2.18. The summed E-state index contributed by atoms with van der Waals surface area (Å²) in [5.74, 6) is -1.00. The van der Waals surface area contributed by atoms with Crippen molar-refractivity contribution in [1.82, 2.24) is 15.1 Å². The van der Waals surface area contributed by atoms with Gasteiger partial charge in [0.2, 0.25) is 0 Å². The van der Waals surface area contributed by atoms with E-state index in [0.717, 1.165) is 38.5 Å². The number of benzene rings is 1. The van der Waals surface area contributed by atoms with Gasteiger partial charge in [-0.2, -0.15) is 5.10 Å². The van der Waals surface area contributed by atoms with Crippen molar-refractivity contribution in [1.29, 1.82) is 0 Å². The van der Waals surface area contributed by atoms with E-state index in [0.29, 0.717) is 17.3 Å². The van der Waals surface area contributed by atoms with Crippen LogP contribution in [0.5, 0.6) is 0 Å². The lowest BCUT2D eigenvalue weighted by Crippen LogP contribution is -2.41. The minimum Gasteiger partial charge on any atom is -0.448 e. The Bertz CT molecular complexity index is 915. The third-order valence-electron chi connectivity index (χ3n) is 5.14. The van der Waals surface area contributed by atoms with Crippen LogP contribution in [-0.2, 0) is 16.1 Å². The van der Waals surface area contributed by atoms with Crippen molar-refractivity contribution in [3.8, 4) is 0 Å². The van der Waals surface area contributed by atoms with Crippen LogP contribution in [0.25, 0.3) is 10.8 Å². The summed E-state index contributed by atoms with van der Waals surface area (Å²) in [4.78, 5) is 37.7. The number of amides is 1. The van der Waals surface area contributed by atoms with Crippen molar-refractivity contribution in [3.05, 3.63) is 40.3 Å². The van der Waals surface area contributed by atoms with Gasteiger partial charge in [-0.25, -0.2) is 9.48 Å². The quantitative estimate of drug-likeness (QED) is 0.740. The van der Waals surface area contributed by atoms with Gasteiger partial charge >= 0.3 is 5.97 Å². The average molecular weight is 385 g/mol. The Kier molecular flexibility index (Phi) is 6.44. The van der Waals surface area contributed by atoms with Gasteiger partial charge < -0.3 is 10.1 Å². The number of aromatic nitrogens is 2. The van der Waals surface area contributed by atoms with Crippen LogP contribution >= 0.6 is 0 Å². The molecule has 2 aromatic rings. The van der Waals surface area contributed by atoms with Gasteiger partial charge in [0.15, 0.2) is 11.8 Å². The fraction of sp³-hybridized carbons (Fsp3) is 0.524. The number of carbonyl (C=O) groups excluding carboxylic acids is 2. The van der Waals surface area contributed by atoms with Gasteiger partial charge in [0, 0.05) is 18.0 Å². The minimum atomic E-state index is -0.926. The van der Waals surface area contributed by atoms with Gasteiger partial charge in [0.1, 0.15) is 0 Å². The molecule has 7 heteroatoms. The lowest BCUT2D eigenvalue weighted by Gasteiger charge is -2.17. The molecule has 1 amide bonds. The van der Waals surface area contributed by atoms with E-state index in [1.807, 2.05) is 6.92 Å². The lowest BCUT2D eigenvalue weighted by molar-refractivity contribution is -0.129. The molecule has 1 saturated carbocycles. The molecule has 1 N–H and O–H groups in total. The molecule has 1 unspecified atom stereocenters. The molecule has 1 heterocycles. The molecule has 0 bridgehead atoms. The first-order valence-corrected chi connectivity index (χ1v) is 10.0. The van der Waals surface area contributed by atoms with E-state index in [9.17, 15) is 14.4 Å². The second kappa shape index (κ2) is 8.99. The summed E-state index contributed by atoms with van der Waals surface area (Å²) >= 11 is 0. The van der Waals surface area contributed by atoms with E-state index in [4.69, 9.17) is 4.74 Å². The third kappa shape index (κ3) is 4.40. The van der Waals surface area contributed by atoms with Crippen molar-refractivity contribution < 1.29 is 14.3 Å². The number of hydrogen-bond acceptors (Lipinski definition) is 5. The van der Waals surface area contributed by atoms with E-state index >= 15 is 0 Å². The molecule has 3 rings (SSSR count). The summed E-state index contributed by atoms with van der Waals surface area (Å²) < 4.78 is 6.70. The fourth-order valence-corrected chi connectivity index (χ4v) is 3.50. The van der Waals surface area contributed by atoms with Crippen LogP contribution < -0.4 is 10.9 Å². The number of fused-ring (bicyclic) bond motifs is 1. The van der Waals surface area contributed by atoms with Crippen LogP contribution in [0.3, 0.4) is 0 Å². The molecule has 1 aromatic heterocycles. The van der Waals surface area contributed by atoms with Gasteiger partial charge in [-0.3, -0.25) is 9.59 Å². The van der Waals surface area contributed by atoms with Crippen LogP contribution in [0.4, 0.5) is 0 Å². The highest BCUT2D eigenvalue weighted by Gasteiger charge is 2.25. The Morgan fingerprint density at radius 2 is 1.93 bits per heavy atom. The molecular formula is C21H27N3O4. The van der Waals surface area contributed by atoms with Crippen LogP contribution in [0.15, 0.2) is 29.1 Å². The number of aryl methyl sites for hydroxylation is 1. The van der Waals surface area contributed by atoms with Crippen LogP contribution in [-0.4, -0.2) is 33.8 Å². The molecule has 0 aliphatic heterocycles. The molecule has 150 valence electrons. The molecule has 0 spiro atoms. The smallest absolute Gasteiger partial charge is 0.360 e. The SMILES string of the molecule is CCCCn1nc(C(=O)OC(C)C(=O)NC2CCCC2)c2ccccc2c1=O. The number of hydrogen-bond donors (Lipinski definition) is 1.